The molecule has 2 amide bonds. The van der Waals surface area contributed by atoms with Crippen molar-refractivity contribution in [2.75, 3.05) is 20.6 Å². The normalized spacial score (nSPS) is 15.8. The first-order valence-electron chi connectivity index (χ1n) is 8.15. The summed E-state index contributed by atoms with van der Waals surface area (Å²) in [6, 6.07) is 6.34. The van der Waals surface area contributed by atoms with Gasteiger partial charge in [0, 0.05) is 20.6 Å². The fourth-order valence-electron chi connectivity index (χ4n) is 3.32. The maximum absolute atomic E-state index is 12.5. The lowest BCUT2D eigenvalue weighted by atomic mass is 9.84. The summed E-state index contributed by atoms with van der Waals surface area (Å²) in [7, 11) is 3.48. The van der Waals surface area contributed by atoms with E-state index in [1.807, 2.05) is 0 Å². The Bertz CT molecular complexity index is 634. The van der Waals surface area contributed by atoms with Gasteiger partial charge in [-0.3, -0.25) is 9.59 Å². The van der Waals surface area contributed by atoms with Gasteiger partial charge in [0.2, 0.25) is 11.8 Å². The number of hydrogen-bond acceptors (Lipinski definition) is 3. The van der Waals surface area contributed by atoms with Gasteiger partial charge < -0.3 is 15.3 Å². The minimum atomic E-state index is -1.02. The van der Waals surface area contributed by atoms with Crippen molar-refractivity contribution in [3.05, 3.63) is 35.4 Å². The van der Waals surface area contributed by atoms with Gasteiger partial charge in [-0.05, 0) is 30.5 Å². The van der Waals surface area contributed by atoms with Gasteiger partial charge in [0.05, 0.1) is 17.4 Å². The molecule has 1 saturated carbocycles. The van der Waals surface area contributed by atoms with Gasteiger partial charge in [0.1, 0.15) is 0 Å². The highest BCUT2D eigenvalue weighted by molar-refractivity contribution is 5.88. The molecule has 1 fully saturated rings. The predicted molar refractivity (Wildman–Crippen MR) is 89.7 cm³/mol. The molecule has 1 aromatic carbocycles. The number of aromatic carboxylic acids is 1. The molecule has 2 N–H and O–H groups in total. The van der Waals surface area contributed by atoms with E-state index in [1.54, 1.807) is 31.1 Å². The average molecular weight is 332 g/mol. The van der Waals surface area contributed by atoms with E-state index in [0.29, 0.717) is 12.1 Å². The fraction of sp³-hybridized carbons (Fsp3) is 0.500. The Labute approximate surface area is 141 Å². The molecule has 1 aromatic rings. The number of carboxylic acids is 1. The van der Waals surface area contributed by atoms with Crippen LogP contribution in [0.4, 0.5) is 0 Å². The second kappa shape index (κ2) is 7.47. The number of nitrogens with one attached hydrogen (secondary N) is 1. The third kappa shape index (κ3) is 4.13. The number of carboxylic acid groups (broad SMARTS) is 1. The summed E-state index contributed by atoms with van der Waals surface area (Å²) < 4.78 is 0. The summed E-state index contributed by atoms with van der Waals surface area (Å²) in [6.07, 6.45) is 3.68. The van der Waals surface area contributed by atoms with Crippen molar-refractivity contribution < 1.29 is 19.5 Å². The minimum absolute atomic E-state index is 0.0631. The Morgan fingerprint density at radius 3 is 2.46 bits per heavy atom. The molecule has 0 bridgehead atoms. The first-order valence-corrected chi connectivity index (χ1v) is 8.15. The maximum Gasteiger partial charge on any atom is 0.335 e. The quantitative estimate of drug-likeness (QED) is 0.830. The standard InChI is InChI=1S/C18H24N2O4/c1-20(2)17(24)18(8-3-4-9-18)12-19-15(21)11-13-6-5-7-14(10-13)16(22)23/h5-7,10H,3-4,8-9,11-12H2,1-2H3,(H,19,21)(H,22,23). The Balaban J connectivity index is 1.98. The van der Waals surface area contributed by atoms with E-state index in [0.717, 1.165) is 25.7 Å². The van der Waals surface area contributed by atoms with Crippen molar-refractivity contribution in [2.24, 2.45) is 5.41 Å². The fourth-order valence-corrected chi connectivity index (χ4v) is 3.32. The summed E-state index contributed by atoms with van der Waals surface area (Å²) in [4.78, 5) is 37.2. The molecule has 0 radical (unpaired) electrons. The van der Waals surface area contributed by atoms with Gasteiger partial charge >= 0.3 is 5.97 Å². The highest BCUT2D eigenvalue weighted by Crippen LogP contribution is 2.38. The summed E-state index contributed by atoms with van der Waals surface area (Å²) in [6.45, 7) is 0.335. The van der Waals surface area contributed by atoms with E-state index in [4.69, 9.17) is 5.11 Å². The van der Waals surface area contributed by atoms with Crippen LogP contribution in [0.1, 0.15) is 41.6 Å². The van der Waals surface area contributed by atoms with E-state index in [-0.39, 0.29) is 23.8 Å². The molecule has 130 valence electrons. The first kappa shape index (κ1) is 18.0. The zero-order valence-corrected chi connectivity index (χ0v) is 14.2. The Morgan fingerprint density at radius 2 is 1.88 bits per heavy atom. The average Bonchev–Trinajstić information content (AvgIpc) is 3.02. The molecule has 0 spiro atoms. The Morgan fingerprint density at radius 1 is 1.21 bits per heavy atom. The second-order valence-corrected chi connectivity index (χ2v) is 6.65. The third-order valence-electron chi connectivity index (χ3n) is 4.58. The zero-order valence-electron chi connectivity index (χ0n) is 14.2. The Hall–Kier alpha value is -2.37. The summed E-state index contributed by atoms with van der Waals surface area (Å²) in [5.74, 6) is -1.15. The molecule has 0 unspecified atom stereocenters. The van der Waals surface area contributed by atoms with E-state index in [1.165, 1.54) is 12.1 Å². The number of hydrogen-bond donors (Lipinski definition) is 2. The molecule has 6 heteroatoms. The van der Waals surface area contributed by atoms with Gasteiger partial charge in [-0.2, -0.15) is 0 Å². The highest BCUT2D eigenvalue weighted by Gasteiger charge is 2.42. The highest BCUT2D eigenvalue weighted by atomic mass is 16.4. The lowest BCUT2D eigenvalue weighted by Gasteiger charge is -2.30. The molecule has 1 aliphatic rings. The molecule has 0 aromatic heterocycles. The van der Waals surface area contributed by atoms with Crippen LogP contribution in [0.3, 0.4) is 0 Å². The third-order valence-corrected chi connectivity index (χ3v) is 4.58. The van der Waals surface area contributed by atoms with Crippen LogP contribution in [0.2, 0.25) is 0 Å². The topological polar surface area (TPSA) is 86.7 Å². The number of amides is 2. The summed E-state index contributed by atoms with van der Waals surface area (Å²) in [5, 5.41) is 11.9. The van der Waals surface area contributed by atoms with Crippen molar-refractivity contribution in [1.82, 2.24) is 10.2 Å². The lowest BCUT2D eigenvalue weighted by molar-refractivity contribution is -0.139. The number of rotatable bonds is 6. The SMILES string of the molecule is CN(C)C(=O)C1(CNC(=O)Cc2cccc(C(=O)O)c2)CCCC1. The lowest BCUT2D eigenvalue weighted by Crippen LogP contribution is -2.46. The Kier molecular flexibility index (Phi) is 5.59. The smallest absolute Gasteiger partial charge is 0.335 e. The summed E-state index contributed by atoms with van der Waals surface area (Å²) in [5.41, 5.74) is 0.310. The van der Waals surface area contributed by atoms with Gasteiger partial charge in [0.25, 0.3) is 0 Å². The van der Waals surface area contributed by atoms with Crippen LogP contribution in [0, 0.1) is 5.41 Å². The van der Waals surface area contributed by atoms with Gasteiger partial charge in [-0.1, -0.05) is 25.0 Å². The van der Waals surface area contributed by atoms with Crippen LogP contribution in [0.15, 0.2) is 24.3 Å². The molecule has 0 atom stereocenters. The van der Waals surface area contributed by atoms with E-state index in [9.17, 15) is 14.4 Å². The molecule has 0 saturated heterocycles. The van der Waals surface area contributed by atoms with Gasteiger partial charge in [0.15, 0.2) is 0 Å². The van der Waals surface area contributed by atoms with Crippen molar-refractivity contribution in [1.29, 1.82) is 0 Å². The van der Waals surface area contributed by atoms with Crippen molar-refractivity contribution in [3.63, 3.8) is 0 Å². The van der Waals surface area contributed by atoms with Crippen LogP contribution >= 0.6 is 0 Å². The van der Waals surface area contributed by atoms with Crippen LogP contribution in [-0.4, -0.2) is 48.4 Å². The predicted octanol–water partition coefficient (Wildman–Crippen LogP) is 1.69. The molecule has 1 aliphatic carbocycles. The largest absolute Gasteiger partial charge is 0.478 e. The molecular weight excluding hydrogens is 308 g/mol. The van der Waals surface area contributed by atoms with Gasteiger partial charge in [-0.15, -0.1) is 0 Å². The van der Waals surface area contributed by atoms with Crippen molar-refractivity contribution in [2.45, 2.75) is 32.1 Å². The zero-order chi connectivity index (χ0) is 17.7. The monoisotopic (exact) mass is 332 g/mol. The molecule has 24 heavy (non-hydrogen) atoms. The number of nitrogens with zero attached hydrogens (tertiary/aromatic N) is 1. The summed E-state index contributed by atoms with van der Waals surface area (Å²) >= 11 is 0. The molecule has 6 nitrogen and oxygen atoms in total. The van der Waals surface area contributed by atoms with Crippen LogP contribution in [-0.2, 0) is 16.0 Å². The molecular formula is C18H24N2O4. The minimum Gasteiger partial charge on any atom is -0.478 e. The van der Waals surface area contributed by atoms with Crippen molar-refractivity contribution >= 4 is 17.8 Å². The first-order chi connectivity index (χ1) is 11.3. The molecule has 0 heterocycles. The number of carbonyl (C=O) groups excluding carboxylic acids is 2. The molecule has 2 rings (SSSR count). The van der Waals surface area contributed by atoms with Crippen LogP contribution in [0.5, 0.6) is 0 Å². The van der Waals surface area contributed by atoms with Crippen LogP contribution in [0.25, 0.3) is 0 Å². The van der Waals surface area contributed by atoms with Gasteiger partial charge in [-0.25, -0.2) is 4.79 Å². The molecule has 0 aliphatic heterocycles. The second-order valence-electron chi connectivity index (χ2n) is 6.65. The van der Waals surface area contributed by atoms with Crippen LogP contribution < -0.4 is 5.32 Å². The van der Waals surface area contributed by atoms with E-state index >= 15 is 0 Å². The van der Waals surface area contributed by atoms with Crippen molar-refractivity contribution in [3.8, 4) is 0 Å². The van der Waals surface area contributed by atoms with E-state index < -0.39 is 11.4 Å². The number of carbonyl (C=O) groups is 3. The maximum atomic E-state index is 12.5. The number of benzene rings is 1. The van der Waals surface area contributed by atoms with E-state index in [2.05, 4.69) is 5.32 Å².